The van der Waals surface area contributed by atoms with Crippen LogP contribution in [0, 0.1) is 6.20 Å². The van der Waals surface area contributed by atoms with Gasteiger partial charge >= 0.3 is 6.18 Å². The predicted octanol–water partition coefficient (Wildman–Crippen LogP) is 1.25. The van der Waals surface area contributed by atoms with E-state index in [2.05, 4.69) is 11.3 Å². The number of halogens is 3. The molecule has 1 aromatic heterocycles. The van der Waals surface area contributed by atoms with Gasteiger partial charge in [0.25, 0.3) is 0 Å². The van der Waals surface area contributed by atoms with Gasteiger partial charge in [-0.1, -0.05) is 0 Å². The second-order valence-electron chi connectivity index (χ2n) is 1.76. The number of nitrogens with zero attached hydrogens (tertiary/aromatic N) is 2. The summed E-state index contributed by atoms with van der Waals surface area (Å²) in [6.45, 7) is -1.05. The highest BCUT2D eigenvalue weighted by Crippen LogP contribution is 2.16. The SMILES string of the molecule is FC(F)(F)Cn1cc[c]n1. The molecule has 0 spiro atoms. The van der Waals surface area contributed by atoms with E-state index in [-0.39, 0.29) is 0 Å². The van der Waals surface area contributed by atoms with Crippen molar-refractivity contribution in [2.24, 2.45) is 0 Å². The second-order valence-corrected chi connectivity index (χ2v) is 1.76. The number of alkyl halides is 3. The van der Waals surface area contributed by atoms with Gasteiger partial charge in [-0.05, 0) is 6.07 Å². The van der Waals surface area contributed by atoms with Gasteiger partial charge in [-0.25, -0.2) is 0 Å². The highest BCUT2D eigenvalue weighted by molar-refractivity contribution is 4.76. The number of rotatable bonds is 1. The van der Waals surface area contributed by atoms with Crippen LogP contribution in [0.15, 0.2) is 12.3 Å². The molecule has 55 valence electrons. The van der Waals surface area contributed by atoms with Crippen molar-refractivity contribution >= 4 is 0 Å². The Morgan fingerprint density at radius 1 is 1.50 bits per heavy atom. The Morgan fingerprint density at radius 2 is 2.20 bits per heavy atom. The van der Waals surface area contributed by atoms with Crippen molar-refractivity contribution in [2.45, 2.75) is 12.7 Å². The molecule has 0 aromatic carbocycles. The monoisotopic (exact) mass is 149 g/mol. The van der Waals surface area contributed by atoms with E-state index < -0.39 is 12.7 Å². The lowest BCUT2D eigenvalue weighted by Gasteiger charge is -2.04. The highest BCUT2D eigenvalue weighted by atomic mass is 19.4. The minimum atomic E-state index is -4.19. The third kappa shape index (κ3) is 2.08. The third-order valence-electron chi connectivity index (χ3n) is 0.849. The molecule has 1 rings (SSSR count). The Morgan fingerprint density at radius 3 is 2.60 bits per heavy atom. The predicted molar refractivity (Wildman–Crippen MR) is 27.1 cm³/mol. The molecule has 0 bridgehead atoms. The molecule has 1 radical (unpaired) electrons. The molecule has 0 unspecified atom stereocenters. The van der Waals surface area contributed by atoms with Crippen LogP contribution in [0.3, 0.4) is 0 Å². The lowest BCUT2D eigenvalue weighted by atomic mass is 10.6. The van der Waals surface area contributed by atoms with Gasteiger partial charge in [0.1, 0.15) is 12.7 Å². The Balaban J connectivity index is 2.57. The van der Waals surface area contributed by atoms with Crippen molar-refractivity contribution in [1.29, 1.82) is 0 Å². The maximum atomic E-state index is 11.5. The van der Waals surface area contributed by atoms with Crippen LogP contribution < -0.4 is 0 Å². The van der Waals surface area contributed by atoms with E-state index in [0.717, 1.165) is 4.68 Å². The Hall–Kier alpha value is -1.00. The van der Waals surface area contributed by atoms with Crippen LogP contribution in [0.2, 0.25) is 0 Å². The zero-order chi connectivity index (χ0) is 7.61. The topological polar surface area (TPSA) is 17.8 Å². The molecule has 0 saturated heterocycles. The van der Waals surface area contributed by atoms with E-state index in [9.17, 15) is 13.2 Å². The first kappa shape index (κ1) is 7.11. The molecule has 0 aliphatic carbocycles. The summed E-state index contributed by atoms with van der Waals surface area (Å²) in [6, 6.07) is 1.33. The summed E-state index contributed by atoms with van der Waals surface area (Å²) in [4.78, 5) is 0. The fourth-order valence-electron chi connectivity index (χ4n) is 0.532. The maximum Gasteiger partial charge on any atom is 0.408 e. The van der Waals surface area contributed by atoms with Gasteiger partial charge in [-0.2, -0.15) is 18.3 Å². The molecule has 0 aliphatic heterocycles. The molecule has 10 heavy (non-hydrogen) atoms. The average molecular weight is 149 g/mol. The highest BCUT2D eigenvalue weighted by Gasteiger charge is 2.27. The van der Waals surface area contributed by atoms with Gasteiger partial charge in [-0.3, -0.25) is 4.68 Å². The summed E-state index contributed by atoms with van der Waals surface area (Å²) >= 11 is 0. The molecule has 0 saturated carbocycles. The molecule has 5 heteroatoms. The van der Waals surface area contributed by atoms with E-state index in [0.29, 0.717) is 0 Å². The number of hydrogen-bond donors (Lipinski definition) is 0. The zero-order valence-corrected chi connectivity index (χ0v) is 4.89. The summed E-state index contributed by atoms with van der Waals surface area (Å²) in [5.41, 5.74) is 0. The van der Waals surface area contributed by atoms with Gasteiger partial charge in [0, 0.05) is 6.20 Å². The van der Waals surface area contributed by atoms with Crippen LogP contribution >= 0.6 is 0 Å². The number of aromatic nitrogens is 2. The molecule has 2 nitrogen and oxygen atoms in total. The van der Waals surface area contributed by atoms with Crippen LogP contribution in [0.1, 0.15) is 0 Å². The molecule has 0 fully saturated rings. The van der Waals surface area contributed by atoms with E-state index in [4.69, 9.17) is 0 Å². The lowest BCUT2D eigenvalue weighted by molar-refractivity contribution is -0.142. The molecule has 0 amide bonds. The van der Waals surface area contributed by atoms with Gasteiger partial charge < -0.3 is 0 Å². The Bertz CT molecular complexity index is 189. The second kappa shape index (κ2) is 2.32. The van der Waals surface area contributed by atoms with Crippen molar-refractivity contribution in [1.82, 2.24) is 9.78 Å². The smallest absolute Gasteiger partial charge is 0.263 e. The third-order valence-corrected chi connectivity index (χ3v) is 0.849. The van der Waals surface area contributed by atoms with E-state index in [1.165, 1.54) is 12.3 Å². The Labute approximate surface area is 55.3 Å². The maximum absolute atomic E-state index is 11.5. The first-order chi connectivity index (χ1) is 4.58. The van der Waals surface area contributed by atoms with Gasteiger partial charge in [0.05, 0.1) is 0 Å². The molecule has 0 atom stereocenters. The minimum Gasteiger partial charge on any atom is -0.263 e. The molecule has 0 aliphatic rings. The van der Waals surface area contributed by atoms with E-state index >= 15 is 0 Å². The first-order valence-corrected chi connectivity index (χ1v) is 2.54. The molecule has 0 N–H and O–H groups in total. The van der Waals surface area contributed by atoms with Gasteiger partial charge in [0.15, 0.2) is 0 Å². The van der Waals surface area contributed by atoms with E-state index in [1.807, 2.05) is 0 Å². The largest absolute Gasteiger partial charge is 0.408 e. The minimum absolute atomic E-state index is 0.778. The normalized spacial score (nSPS) is 11.9. The van der Waals surface area contributed by atoms with E-state index in [1.54, 1.807) is 0 Å². The van der Waals surface area contributed by atoms with Crippen molar-refractivity contribution in [3.8, 4) is 0 Å². The quantitative estimate of drug-likeness (QED) is 0.587. The summed E-state index contributed by atoms with van der Waals surface area (Å²) in [7, 11) is 0. The fraction of sp³-hybridized carbons (Fsp3) is 0.400. The standard InChI is InChI=1S/C5H4F3N2/c6-5(7,8)4-10-3-1-2-9-10/h1,3H,4H2. The molecular formula is C5H4F3N2. The van der Waals surface area contributed by atoms with Crippen molar-refractivity contribution < 1.29 is 13.2 Å². The van der Waals surface area contributed by atoms with Crippen LogP contribution in [-0.2, 0) is 6.54 Å². The molecule has 1 heterocycles. The lowest BCUT2D eigenvalue weighted by Crippen LogP contribution is -2.17. The van der Waals surface area contributed by atoms with Crippen LogP contribution in [-0.4, -0.2) is 16.0 Å². The van der Waals surface area contributed by atoms with Crippen molar-refractivity contribution in [3.05, 3.63) is 18.5 Å². The number of hydrogen-bond acceptors (Lipinski definition) is 1. The molecule has 1 aromatic rings. The van der Waals surface area contributed by atoms with Crippen LogP contribution in [0.4, 0.5) is 13.2 Å². The summed E-state index contributed by atoms with van der Waals surface area (Å²) in [6.07, 6.45) is -0.714. The zero-order valence-electron chi connectivity index (χ0n) is 4.89. The summed E-state index contributed by atoms with van der Waals surface area (Å²) in [5.74, 6) is 0. The Kier molecular flexibility index (Phi) is 1.65. The van der Waals surface area contributed by atoms with Crippen LogP contribution in [0.25, 0.3) is 0 Å². The first-order valence-electron chi connectivity index (χ1n) is 2.54. The average Bonchev–Trinajstić information content (AvgIpc) is 2.12. The summed E-state index contributed by atoms with van der Waals surface area (Å²) in [5, 5.41) is 3.27. The van der Waals surface area contributed by atoms with Crippen molar-refractivity contribution in [3.63, 3.8) is 0 Å². The van der Waals surface area contributed by atoms with Gasteiger partial charge in [-0.15, -0.1) is 0 Å². The summed E-state index contributed by atoms with van der Waals surface area (Å²) < 4.78 is 35.4. The fourth-order valence-corrected chi connectivity index (χ4v) is 0.532. The van der Waals surface area contributed by atoms with Gasteiger partial charge in [0.2, 0.25) is 0 Å². The molecular weight excluding hydrogens is 145 g/mol. The van der Waals surface area contributed by atoms with Crippen LogP contribution in [0.5, 0.6) is 0 Å². The van der Waals surface area contributed by atoms with Crippen molar-refractivity contribution in [2.75, 3.05) is 0 Å².